The predicted octanol–water partition coefficient (Wildman–Crippen LogP) is 3.76. The molecule has 0 bridgehead atoms. The molecule has 1 N–H and O–H groups in total. The SMILES string of the molecule is O=c1cc(-c2ccccc2)n(-c2ccc3cc(O)ccc3c2)cn1. The Morgan fingerprint density at radius 1 is 0.833 bits per heavy atom. The fraction of sp³-hybridized carbons (Fsp3) is 0. The molecule has 0 aliphatic heterocycles. The lowest BCUT2D eigenvalue weighted by Crippen LogP contribution is -2.11. The van der Waals surface area contributed by atoms with Crippen molar-refractivity contribution in [3.8, 4) is 22.7 Å². The Balaban J connectivity index is 1.94. The van der Waals surface area contributed by atoms with Crippen molar-refractivity contribution in [1.82, 2.24) is 9.55 Å². The van der Waals surface area contributed by atoms with E-state index < -0.39 is 0 Å². The van der Waals surface area contributed by atoms with Gasteiger partial charge >= 0.3 is 0 Å². The van der Waals surface area contributed by atoms with Crippen LogP contribution in [0.3, 0.4) is 0 Å². The van der Waals surface area contributed by atoms with Crippen molar-refractivity contribution in [2.75, 3.05) is 0 Å². The molecule has 0 spiro atoms. The van der Waals surface area contributed by atoms with Gasteiger partial charge in [-0.25, -0.2) is 0 Å². The minimum atomic E-state index is -0.268. The number of nitrogens with zero attached hydrogens (tertiary/aromatic N) is 2. The third-order valence-corrected chi connectivity index (χ3v) is 3.98. The van der Waals surface area contributed by atoms with E-state index in [1.54, 1.807) is 18.5 Å². The van der Waals surface area contributed by atoms with Crippen LogP contribution >= 0.6 is 0 Å². The zero-order valence-corrected chi connectivity index (χ0v) is 12.8. The summed E-state index contributed by atoms with van der Waals surface area (Å²) in [5.74, 6) is 0.241. The number of benzene rings is 3. The van der Waals surface area contributed by atoms with E-state index in [1.807, 2.05) is 59.2 Å². The van der Waals surface area contributed by atoms with Crippen LogP contribution in [0.2, 0.25) is 0 Å². The number of hydrogen-bond donors (Lipinski definition) is 1. The Morgan fingerprint density at radius 2 is 1.58 bits per heavy atom. The second-order valence-corrected chi connectivity index (χ2v) is 5.56. The molecular formula is C20H14N2O2. The summed E-state index contributed by atoms with van der Waals surface area (Å²) < 4.78 is 1.89. The fourth-order valence-corrected chi connectivity index (χ4v) is 2.81. The molecule has 0 radical (unpaired) electrons. The summed E-state index contributed by atoms with van der Waals surface area (Å²) in [6, 6.07) is 22.4. The molecule has 0 fully saturated rings. The van der Waals surface area contributed by atoms with Crippen molar-refractivity contribution in [2.24, 2.45) is 0 Å². The number of aromatic hydroxyl groups is 1. The van der Waals surface area contributed by atoms with E-state index in [4.69, 9.17) is 0 Å². The van der Waals surface area contributed by atoms with Gasteiger partial charge in [-0.3, -0.25) is 4.79 Å². The largest absolute Gasteiger partial charge is 0.508 e. The van der Waals surface area contributed by atoms with Crippen molar-refractivity contribution >= 4 is 10.8 Å². The molecule has 0 aliphatic rings. The zero-order chi connectivity index (χ0) is 16.5. The molecule has 0 aliphatic carbocycles. The first-order valence-electron chi connectivity index (χ1n) is 7.58. The van der Waals surface area contributed by atoms with Crippen LogP contribution in [0.5, 0.6) is 5.75 Å². The number of aromatic nitrogens is 2. The first kappa shape index (κ1) is 14.2. The maximum Gasteiger partial charge on any atom is 0.273 e. The molecule has 4 rings (SSSR count). The molecule has 0 saturated heterocycles. The van der Waals surface area contributed by atoms with Crippen molar-refractivity contribution in [3.05, 3.63) is 89.5 Å². The molecule has 3 aromatic carbocycles. The lowest BCUT2D eigenvalue weighted by atomic mass is 10.1. The van der Waals surface area contributed by atoms with Crippen LogP contribution in [0, 0.1) is 0 Å². The van der Waals surface area contributed by atoms with E-state index >= 15 is 0 Å². The van der Waals surface area contributed by atoms with Crippen molar-refractivity contribution in [3.63, 3.8) is 0 Å². The molecular weight excluding hydrogens is 300 g/mol. The van der Waals surface area contributed by atoms with Gasteiger partial charge in [0.1, 0.15) is 12.1 Å². The number of fused-ring (bicyclic) bond motifs is 1. The standard InChI is InChI=1S/C20H14N2O2/c23-18-9-7-15-10-17(8-6-16(15)11-18)22-13-21-20(24)12-19(22)14-4-2-1-3-5-14/h1-13,23H. The average Bonchev–Trinajstić information content (AvgIpc) is 2.62. The van der Waals surface area contributed by atoms with E-state index in [2.05, 4.69) is 4.98 Å². The summed E-state index contributed by atoms with van der Waals surface area (Å²) in [5.41, 5.74) is 2.37. The van der Waals surface area contributed by atoms with Crippen LogP contribution in [0.15, 0.2) is 83.9 Å². The molecule has 4 nitrogen and oxygen atoms in total. The van der Waals surface area contributed by atoms with Gasteiger partial charge in [-0.05, 0) is 40.6 Å². The summed E-state index contributed by atoms with van der Waals surface area (Å²) in [4.78, 5) is 15.6. The summed E-state index contributed by atoms with van der Waals surface area (Å²) in [7, 11) is 0. The minimum Gasteiger partial charge on any atom is -0.508 e. The Morgan fingerprint density at radius 3 is 2.42 bits per heavy atom. The number of hydrogen-bond acceptors (Lipinski definition) is 3. The average molecular weight is 314 g/mol. The van der Waals surface area contributed by atoms with Crippen molar-refractivity contribution in [1.29, 1.82) is 0 Å². The minimum absolute atomic E-state index is 0.241. The van der Waals surface area contributed by atoms with E-state index in [9.17, 15) is 9.90 Å². The summed E-state index contributed by atoms with van der Waals surface area (Å²) >= 11 is 0. The highest BCUT2D eigenvalue weighted by Crippen LogP contribution is 2.25. The summed E-state index contributed by atoms with van der Waals surface area (Å²) in [6.07, 6.45) is 1.55. The van der Waals surface area contributed by atoms with Gasteiger partial charge < -0.3 is 9.67 Å². The van der Waals surface area contributed by atoms with Gasteiger partial charge in [0.15, 0.2) is 0 Å². The van der Waals surface area contributed by atoms with Gasteiger partial charge in [-0.15, -0.1) is 0 Å². The lowest BCUT2D eigenvalue weighted by Gasteiger charge is -2.13. The normalized spacial score (nSPS) is 10.8. The van der Waals surface area contributed by atoms with Gasteiger partial charge in [-0.1, -0.05) is 42.5 Å². The van der Waals surface area contributed by atoms with Crippen LogP contribution in [-0.2, 0) is 0 Å². The predicted molar refractivity (Wildman–Crippen MR) is 94.4 cm³/mol. The van der Waals surface area contributed by atoms with Gasteiger partial charge in [-0.2, -0.15) is 4.98 Å². The molecule has 0 atom stereocenters. The summed E-state index contributed by atoms with van der Waals surface area (Å²) in [5, 5.41) is 11.5. The van der Waals surface area contributed by atoms with Crippen LogP contribution < -0.4 is 5.56 Å². The zero-order valence-electron chi connectivity index (χ0n) is 12.8. The van der Waals surface area contributed by atoms with Crippen molar-refractivity contribution in [2.45, 2.75) is 0 Å². The first-order chi connectivity index (χ1) is 11.7. The highest BCUT2D eigenvalue weighted by atomic mass is 16.3. The van der Waals surface area contributed by atoms with E-state index in [1.165, 1.54) is 6.07 Å². The Labute approximate surface area is 138 Å². The summed E-state index contributed by atoms with van der Waals surface area (Å²) in [6.45, 7) is 0. The molecule has 24 heavy (non-hydrogen) atoms. The van der Waals surface area contributed by atoms with Crippen LogP contribution in [0.4, 0.5) is 0 Å². The van der Waals surface area contributed by atoms with Gasteiger partial charge in [0.05, 0.1) is 5.69 Å². The fourth-order valence-electron chi connectivity index (χ4n) is 2.81. The molecule has 4 heteroatoms. The van der Waals surface area contributed by atoms with Crippen LogP contribution in [0.1, 0.15) is 0 Å². The van der Waals surface area contributed by atoms with E-state index in [0.29, 0.717) is 0 Å². The Hall–Kier alpha value is -3.40. The van der Waals surface area contributed by atoms with Crippen molar-refractivity contribution < 1.29 is 5.11 Å². The molecule has 1 aromatic heterocycles. The van der Waals surface area contributed by atoms with Gasteiger partial charge in [0.25, 0.3) is 5.56 Å². The lowest BCUT2D eigenvalue weighted by molar-refractivity contribution is 0.476. The second kappa shape index (κ2) is 5.66. The molecule has 0 saturated carbocycles. The van der Waals surface area contributed by atoms with E-state index in [0.717, 1.165) is 27.7 Å². The smallest absolute Gasteiger partial charge is 0.273 e. The Bertz CT molecular complexity index is 1090. The molecule has 4 aromatic rings. The quantitative estimate of drug-likeness (QED) is 0.613. The third kappa shape index (κ3) is 2.54. The molecule has 0 unspecified atom stereocenters. The number of rotatable bonds is 2. The second-order valence-electron chi connectivity index (χ2n) is 5.56. The monoisotopic (exact) mass is 314 g/mol. The van der Waals surface area contributed by atoms with Gasteiger partial charge in [0.2, 0.25) is 0 Å². The maximum absolute atomic E-state index is 11.7. The van der Waals surface area contributed by atoms with Crippen LogP contribution in [-0.4, -0.2) is 14.7 Å². The van der Waals surface area contributed by atoms with Gasteiger partial charge in [0, 0.05) is 11.8 Å². The molecule has 1 heterocycles. The number of phenolic OH excluding ortho intramolecular Hbond substituents is 1. The van der Waals surface area contributed by atoms with Crippen LogP contribution in [0.25, 0.3) is 27.7 Å². The first-order valence-corrected chi connectivity index (χ1v) is 7.58. The third-order valence-electron chi connectivity index (χ3n) is 3.98. The Kier molecular flexibility index (Phi) is 3.35. The maximum atomic E-state index is 11.7. The highest BCUT2D eigenvalue weighted by molar-refractivity contribution is 5.86. The molecule has 0 amide bonds. The number of phenols is 1. The topological polar surface area (TPSA) is 55.1 Å². The van der Waals surface area contributed by atoms with E-state index in [-0.39, 0.29) is 11.3 Å². The molecule has 116 valence electrons. The highest BCUT2D eigenvalue weighted by Gasteiger charge is 2.07.